The fraction of sp³-hybridized carbons (Fsp3) is 0.194. The highest BCUT2D eigenvalue weighted by atomic mass is 32.2. The molecule has 1 unspecified atom stereocenters. The zero-order valence-corrected chi connectivity index (χ0v) is 21.7. The van der Waals surface area contributed by atoms with Gasteiger partial charge in [0.1, 0.15) is 11.2 Å². The number of hydrogen-bond acceptors (Lipinski definition) is 3. The number of rotatable bonds is 2. The first-order chi connectivity index (χ1) is 17.2. The fourth-order valence-electron chi connectivity index (χ4n) is 5.35. The number of fused-ring (bicyclic) bond motifs is 6. The van der Waals surface area contributed by atoms with Gasteiger partial charge in [-0.1, -0.05) is 54.4 Å². The fourth-order valence-corrected chi connectivity index (χ4v) is 6.99. The topological polar surface area (TPSA) is 31.6 Å². The van der Waals surface area contributed by atoms with Crippen LogP contribution < -0.4 is 5.46 Å². The summed E-state index contributed by atoms with van der Waals surface area (Å²) in [6, 6.07) is 28.0. The van der Waals surface area contributed by atoms with E-state index in [0.717, 1.165) is 33.0 Å². The van der Waals surface area contributed by atoms with Crippen molar-refractivity contribution in [1.82, 2.24) is 0 Å². The molecule has 178 valence electrons. The minimum Gasteiger partial charge on any atom is -0.456 e. The van der Waals surface area contributed by atoms with E-state index in [1.54, 1.807) is 0 Å². The van der Waals surface area contributed by atoms with E-state index in [0.29, 0.717) is 0 Å². The molecule has 3 nitrogen and oxygen atoms in total. The number of hydrogen-bond donors (Lipinski definition) is 0. The second-order valence-electron chi connectivity index (χ2n) is 10.7. The quantitative estimate of drug-likeness (QED) is 0.185. The highest BCUT2D eigenvalue weighted by Gasteiger charge is 2.52. The van der Waals surface area contributed by atoms with Crippen molar-refractivity contribution in [3.05, 3.63) is 78.9 Å². The molecule has 0 saturated carbocycles. The van der Waals surface area contributed by atoms with Gasteiger partial charge in [0.25, 0.3) is 0 Å². The van der Waals surface area contributed by atoms with E-state index < -0.39 is 18.3 Å². The standard InChI is InChI=1S/C31H27BO3S/c1-30(2)31(3,4)35-32(34-30)24-10-8-11-26-29(24)23-17-19(14-16-25(23)33-26)20-13-15-22-21-9-6-7-12-27(21)36(5)28(22)18-20/h6-18H,5H2,1-4H3. The Morgan fingerprint density at radius 3 is 2.19 bits per heavy atom. The highest BCUT2D eigenvalue weighted by molar-refractivity contribution is 8.14. The summed E-state index contributed by atoms with van der Waals surface area (Å²) >= 11 is 0. The lowest BCUT2D eigenvalue weighted by atomic mass is 9.76. The monoisotopic (exact) mass is 490 g/mol. The first kappa shape index (κ1) is 22.1. The van der Waals surface area contributed by atoms with Crippen molar-refractivity contribution in [2.45, 2.75) is 48.7 Å². The second kappa shape index (κ2) is 7.45. The molecule has 2 aliphatic rings. The van der Waals surface area contributed by atoms with Gasteiger partial charge in [-0.05, 0) is 85.7 Å². The van der Waals surface area contributed by atoms with Gasteiger partial charge in [0.15, 0.2) is 0 Å². The second-order valence-corrected chi connectivity index (χ2v) is 12.4. The lowest BCUT2D eigenvalue weighted by Crippen LogP contribution is -2.41. The number of furan rings is 1. The molecule has 0 amide bonds. The van der Waals surface area contributed by atoms with E-state index >= 15 is 0 Å². The summed E-state index contributed by atoms with van der Waals surface area (Å²) in [7, 11) is -0.620. The van der Waals surface area contributed by atoms with E-state index in [1.807, 2.05) is 12.1 Å². The predicted octanol–water partition coefficient (Wildman–Crippen LogP) is 7.65. The lowest BCUT2D eigenvalue weighted by molar-refractivity contribution is 0.00578. The molecule has 36 heavy (non-hydrogen) atoms. The van der Waals surface area contributed by atoms with Gasteiger partial charge in [0.05, 0.1) is 11.2 Å². The molecule has 3 heterocycles. The van der Waals surface area contributed by atoms with E-state index in [9.17, 15) is 0 Å². The summed E-state index contributed by atoms with van der Waals surface area (Å²) in [4.78, 5) is 2.64. The van der Waals surface area contributed by atoms with Crippen LogP contribution in [0.25, 0.3) is 44.2 Å². The van der Waals surface area contributed by atoms with Crippen molar-refractivity contribution in [1.29, 1.82) is 0 Å². The maximum atomic E-state index is 6.41. The molecule has 5 aromatic rings. The molecular formula is C31H27BO3S. The van der Waals surface area contributed by atoms with Crippen LogP contribution in [0, 0.1) is 0 Å². The third-order valence-corrected chi connectivity index (χ3v) is 9.81. The van der Waals surface area contributed by atoms with Crippen molar-refractivity contribution in [2.75, 3.05) is 0 Å². The molecular weight excluding hydrogens is 463 g/mol. The van der Waals surface area contributed by atoms with Crippen molar-refractivity contribution in [3.63, 3.8) is 0 Å². The van der Waals surface area contributed by atoms with Gasteiger partial charge in [-0.3, -0.25) is 0 Å². The molecule has 7 rings (SSSR count). The Hall–Kier alpha value is -3.12. The SMILES string of the molecule is C=S1c2ccccc2-c2ccc(-c3ccc4oc5cccc(B6OC(C)(C)C(C)(C)O6)c5c4c3)cc21. The van der Waals surface area contributed by atoms with Crippen LogP contribution in [0.3, 0.4) is 0 Å². The lowest BCUT2D eigenvalue weighted by Gasteiger charge is -2.32. The first-order valence-electron chi connectivity index (χ1n) is 12.3. The van der Waals surface area contributed by atoms with Crippen LogP contribution in [-0.4, -0.2) is 24.2 Å². The van der Waals surface area contributed by atoms with Gasteiger partial charge < -0.3 is 13.7 Å². The normalized spacial score (nSPS) is 19.7. The predicted molar refractivity (Wildman–Crippen MR) is 152 cm³/mol. The Labute approximate surface area is 214 Å². The van der Waals surface area contributed by atoms with E-state index in [2.05, 4.69) is 100 Å². The van der Waals surface area contributed by atoms with E-state index in [-0.39, 0.29) is 10.5 Å². The van der Waals surface area contributed by atoms with Crippen molar-refractivity contribution >= 4 is 50.9 Å². The molecule has 5 heteroatoms. The highest BCUT2D eigenvalue weighted by Crippen LogP contribution is 2.52. The molecule has 0 radical (unpaired) electrons. The molecule has 0 spiro atoms. The first-order valence-corrected chi connectivity index (χ1v) is 13.7. The summed E-state index contributed by atoms with van der Waals surface area (Å²) in [6.07, 6.45) is 0. The molecule has 2 aliphatic heterocycles. The average Bonchev–Trinajstić information content (AvgIpc) is 3.45. The maximum Gasteiger partial charge on any atom is 0.495 e. The molecule has 1 aromatic heterocycles. The maximum absolute atomic E-state index is 6.41. The smallest absolute Gasteiger partial charge is 0.456 e. The van der Waals surface area contributed by atoms with Crippen molar-refractivity contribution in [3.8, 4) is 22.3 Å². The zero-order chi connectivity index (χ0) is 24.8. The summed E-state index contributed by atoms with van der Waals surface area (Å²) in [5, 5.41) is 2.13. The minimum atomic E-state index is -0.449. The van der Waals surface area contributed by atoms with Gasteiger partial charge in [-0.2, -0.15) is 0 Å². The van der Waals surface area contributed by atoms with E-state index in [4.69, 9.17) is 13.7 Å². The molecule has 0 N–H and O–H groups in total. The largest absolute Gasteiger partial charge is 0.495 e. The van der Waals surface area contributed by atoms with Gasteiger partial charge in [-0.25, -0.2) is 0 Å². The zero-order valence-electron chi connectivity index (χ0n) is 20.9. The molecule has 0 aliphatic carbocycles. The van der Waals surface area contributed by atoms with Crippen LogP contribution in [0.15, 0.2) is 93.1 Å². The minimum absolute atomic E-state index is 0.170. The third-order valence-electron chi connectivity index (χ3n) is 8.06. The van der Waals surface area contributed by atoms with Crippen LogP contribution in [0.2, 0.25) is 0 Å². The Bertz CT molecular complexity index is 1710. The van der Waals surface area contributed by atoms with Gasteiger partial charge in [0, 0.05) is 20.6 Å². The van der Waals surface area contributed by atoms with Gasteiger partial charge in [0.2, 0.25) is 0 Å². The average molecular weight is 490 g/mol. The number of benzene rings is 4. The van der Waals surface area contributed by atoms with Gasteiger partial charge >= 0.3 is 7.12 Å². The molecule has 1 fully saturated rings. The van der Waals surface area contributed by atoms with Crippen LogP contribution in [0.4, 0.5) is 0 Å². The molecule has 4 aromatic carbocycles. The summed E-state index contributed by atoms with van der Waals surface area (Å²) in [5.74, 6) is 4.50. The van der Waals surface area contributed by atoms with Gasteiger partial charge in [-0.15, -0.1) is 10.5 Å². The summed E-state index contributed by atoms with van der Waals surface area (Å²) < 4.78 is 19.1. The summed E-state index contributed by atoms with van der Waals surface area (Å²) in [5.41, 5.74) is 6.85. The Morgan fingerprint density at radius 2 is 1.39 bits per heavy atom. The van der Waals surface area contributed by atoms with Crippen LogP contribution in [0.1, 0.15) is 27.7 Å². The third kappa shape index (κ3) is 3.06. The van der Waals surface area contributed by atoms with Crippen molar-refractivity contribution < 1.29 is 13.7 Å². The van der Waals surface area contributed by atoms with E-state index in [1.165, 1.54) is 26.5 Å². The van der Waals surface area contributed by atoms with Crippen molar-refractivity contribution in [2.24, 2.45) is 0 Å². The molecule has 0 bridgehead atoms. The van der Waals surface area contributed by atoms with Crippen LogP contribution >= 0.6 is 10.5 Å². The van der Waals surface area contributed by atoms with Crippen LogP contribution in [-0.2, 0) is 9.31 Å². The van der Waals surface area contributed by atoms with Crippen LogP contribution in [0.5, 0.6) is 0 Å². The summed E-state index contributed by atoms with van der Waals surface area (Å²) in [6.45, 7) is 8.34. The molecule has 1 atom stereocenters. The molecule has 1 saturated heterocycles. The Balaban J connectivity index is 1.36. The Morgan fingerprint density at radius 1 is 0.694 bits per heavy atom. The Kier molecular flexibility index (Phi) is 4.58.